The average Bonchev–Trinajstić information content (AvgIpc) is 2.97. The Morgan fingerprint density at radius 3 is 2.94 bits per heavy atom. The minimum atomic E-state index is 0.123. The maximum Gasteiger partial charge on any atom is 0.295 e. The van der Waals surface area contributed by atoms with Crippen LogP contribution in [0.25, 0.3) is 23.1 Å². The highest BCUT2D eigenvalue weighted by Gasteiger charge is 2.14. The van der Waals surface area contributed by atoms with E-state index in [1.807, 2.05) is 0 Å². The molecule has 0 atom stereocenters. The minimum absolute atomic E-state index is 0.123. The zero-order chi connectivity index (χ0) is 11.0. The van der Waals surface area contributed by atoms with Crippen molar-refractivity contribution in [1.82, 2.24) is 25.3 Å². The van der Waals surface area contributed by atoms with Gasteiger partial charge in [0.2, 0.25) is 17.6 Å². The molecule has 3 aromatic rings. The molecule has 3 rings (SSSR count). The summed E-state index contributed by atoms with van der Waals surface area (Å²) >= 11 is 0. The Kier molecular flexibility index (Phi) is 1.72. The third-order valence-corrected chi connectivity index (χ3v) is 1.91. The summed E-state index contributed by atoms with van der Waals surface area (Å²) in [5.41, 5.74) is 6.08. The van der Waals surface area contributed by atoms with Crippen LogP contribution in [0.1, 0.15) is 0 Å². The van der Waals surface area contributed by atoms with Gasteiger partial charge in [0.1, 0.15) is 6.26 Å². The van der Waals surface area contributed by atoms with Crippen LogP contribution in [0.2, 0.25) is 0 Å². The third-order valence-electron chi connectivity index (χ3n) is 1.91. The molecule has 0 unspecified atom stereocenters. The van der Waals surface area contributed by atoms with Crippen LogP contribution in [-0.4, -0.2) is 25.3 Å². The Hall–Kier alpha value is -2.64. The summed E-state index contributed by atoms with van der Waals surface area (Å²) < 4.78 is 9.91. The number of aromatic amines is 1. The summed E-state index contributed by atoms with van der Waals surface area (Å²) in [6, 6.07) is 1.73. The molecule has 0 aliphatic carbocycles. The lowest BCUT2D eigenvalue weighted by Crippen LogP contribution is -1.85. The highest BCUT2D eigenvalue weighted by molar-refractivity contribution is 5.54. The van der Waals surface area contributed by atoms with E-state index in [-0.39, 0.29) is 11.8 Å². The van der Waals surface area contributed by atoms with Crippen LogP contribution in [0.5, 0.6) is 0 Å². The number of hydrogen-bond donors (Lipinski definition) is 2. The van der Waals surface area contributed by atoms with Gasteiger partial charge in [-0.2, -0.15) is 9.97 Å². The SMILES string of the molecule is Nc1n[nH]c(-c2nc(-c3ccoc3)no2)n1. The molecule has 3 heterocycles. The van der Waals surface area contributed by atoms with Crippen LogP contribution in [-0.2, 0) is 0 Å². The van der Waals surface area contributed by atoms with Gasteiger partial charge in [-0.25, -0.2) is 0 Å². The smallest absolute Gasteiger partial charge is 0.295 e. The van der Waals surface area contributed by atoms with Gasteiger partial charge >= 0.3 is 0 Å². The van der Waals surface area contributed by atoms with Crippen LogP contribution >= 0.6 is 0 Å². The Balaban J connectivity index is 2.00. The number of furan rings is 1. The summed E-state index contributed by atoms with van der Waals surface area (Å²) in [6.07, 6.45) is 3.04. The van der Waals surface area contributed by atoms with Gasteiger partial charge in [0.15, 0.2) is 0 Å². The van der Waals surface area contributed by atoms with Gasteiger partial charge in [0.05, 0.1) is 11.8 Å². The molecule has 0 saturated carbocycles. The van der Waals surface area contributed by atoms with Gasteiger partial charge in [-0.1, -0.05) is 5.16 Å². The first-order valence-corrected chi connectivity index (χ1v) is 4.37. The van der Waals surface area contributed by atoms with E-state index in [0.717, 1.165) is 5.56 Å². The zero-order valence-electron chi connectivity index (χ0n) is 7.91. The van der Waals surface area contributed by atoms with E-state index in [1.54, 1.807) is 6.07 Å². The number of nitrogens with one attached hydrogen (secondary N) is 1. The van der Waals surface area contributed by atoms with E-state index in [9.17, 15) is 0 Å². The van der Waals surface area contributed by atoms with Crippen molar-refractivity contribution in [3.8, 4) is 23.1 Å². The first-order chi connectivity index (χ1) is 7.83. The first-order valence-electron chi connectivity index (χ1n) is 4.37. The molecule has 0 aliphatic rings. The van der Waals surface area contributed by atoms with Crippen molar-refractivity contribution in [3.63, 3.8) is 0 Å². The Morgan fingerprint density at radius 2 is 2.25 bits per heavy atom. The maximum atomic E-state index is 5.36. The van der Waals surface area contributed by atoms with E-state index < -0.39 is 0 Å². The molecule has 8 heteroatoms. The molecule has 0 saturated heterocycles. The largest absolute Gasteiger partial charge is 0.472 e. The fourth-order valence-corrected chi connectivity index (χ4v) is 1.20. The number of hydrogen-bond acceptors (Lipinski definition) is 7. The number of nitrogens with zero attached hydrogens (tertiary/aromatic N) is 4. The molecule has 0 amide bonds. The second kappa shape index (κ2) is 3.19. The highest BCUT2D eigenvalue weighted by atomic mass is 16.5. The quantitative estimate of drug-likeness (QED) is 0.649. The van der Waals surface area contributed by atoms with Crippen molar-refractivity contribution in [2.75, 3.05) is 5.73 Å². The topological polar surface area (TPSA) is 120 Å². The van der Waals surface area contributed by atoms with Gasteiger partial charge < -0.3 is 14.7 Å². The van der Waals surface area contributed by atoms with Crippen LogP contribution in [0.15, 0.2) is 27.5 Å². The van der Waals surface area contributed by atoms with E-state index in [1.165, 1.54) is 12.5 Å². The van der Waals surface area contributed by atoms with Crippen LogP contribution in [0.3, 0.4) is 0 Å². The number of anilines is 1. The predicted octanol–water partition coefficient (Wildman–Crippen LogP) is 0.697. The minimum Gasteiger partial charge on any atom is -0.472 e. The lowest BCUT2D eigenvalue weighted by atomic mass is 10.3. The number of H-pyrrole nitrogens is 1. The van der Waals surface area contributed by atoms with Crippen LogP contribution in [0.4, 0.5) is 5.95 Å². The monoisotopic (exact) mass is 218 g/mol. The van der Waals surface area contributed by atoms with E-state index in [2.05, 4.69) is 25.3 Å². The summed E-state index contributed by atoms with van der Waals surface area (Å²) in [4.78, 5) is 7.98. The molecule has 16 heavy (non-hydrogen) atoms. The molecule has 0 radical (unpaired) electrons. The molecule has 0 spiro atoms. The standard InChI is InChI=1S/C8H6N6O2/c9-8-11-6(12-13-8)7-10-5(14-16-7)4-1-2-15-3-4/h1-3H,(H3,9,11,12,13). The van der Waals surface area contributed by atoms with Crippen molar-refractivity contribution >= 4 is 5.95 Å². The summed E-state index contributed by atoms with van der Waals surface area (Å²) in [7, 11) is 0. The highest BCUT2D eigenvalue weighted by Crippen LogP contribution is 2.19. The van der Waals surface area contributed by atoms with Crippen molar-refractivity contribution in [3.05, 3.63) is 18.6 Å². The van der Waals surface area contributed by atoms with Gasteiger partial charge in [-0.05, 0) is 6.07 Å². The number of nitrogens with two attached hydrogens (primary N) is 1. The molecule has 0 bridgehead atoms. The van der Waals surface area contributed by atoms with Crippen LogP contribution in [0, 0.1) is 0 Å². The molecular formula is C8H6N6O2. The summed E-state index contributed by atoms with van der Waals surface area (Å²) in [6.45, 7) is 0. The molecule has 3 N–H and O–H groups in total. The molecular weight excluding hydrogens is 212 g/mol. The third kappa shape index (κ3) is 1.32. The van der Waals surface area contributed by atoms with Gasteiger partial charge in [-0.3, -0.25) is 5.10 Å². The Morgan fingerprint density at radius 1 is 1.31 bits per heavy atom. The summed E-state index contributed by atoms with van der Waals surface area (Å²) in [5.74, 6) is 1.09. The second-order valence-electron chi connectivity index (χ2n) is 2.98. The predicted molar refractivity (Wildman–Crippen MR) is 51.8 cm³/mol. The van der Waals surface area contributed by atoms with E-state index in [0.29, 0.717) is 11.6 Å². The van der Waals surface area contributed by atoms with Gasteiger partial charge in [0, 0.05) is 0 Å². The molecule has 8 nitrogen and oxygen atoms in total. The second-order valence-corrected chi connectivity index (χ2v) is 2.98. The fraction of sp³-hybridized carbons (Fsp3) is 0. The summed E-state index contributed by atoms with van der Waals surface area (Å²) in [5, 5.41) is 10.0. The Bertz CT molecular complexity index is 596. The van der Waals surface area contributed by atoms with Crippen molar-refractivity contribution in [2.45, 2.75) is 0 Å². The molecule has 3 aromatic heterocycles. The number of aromatic nitrogens is 5. The molecule has 0 fully saturated rings. The van der Waals surface area contributed by atoms with E-state index >= 15 is 0 Å². The van der Waals surface area contributed by atoms with Gasteiger partial charge in [0.25, 0.3) is 5.89 Å². The molecule has 0 aromatic carbocycles. The Labute approximate surface area is 88.5 Å². The van der Waals surface area contributed by atoms with Crippen molar-refractivity contribution in [2.24, 2.45) is 0 Å². The van der Waals surface area contributed by atoms with Gasteiger partial charge in [-0.15, -0.1) is 5.10 Å². The number of nitrogen functional groups attached to an aromatic ring is 1. The lowest BCUT2D eigenvalue weighted by Gasteiger charge is -1.82. The lowest BCUT2D eigenvalue weighted by molar-refractivity contribution is 0.429. The fourth-order valence-electron chi connectivity index (χ4n) is 1.20. The number of rotatable bonds is 2. The van der Waals surface area contributed by atoms with Crippen molar-refractivity contribution in [1.29, 1.82) is 0 Å². The molecule has 80 valence electrons. The van der Waals surface area contributed by atoms with Crippen LogP contribution < -0.4 is 5.73 Å². The molecule has 0 aliphatic heterocycles. The van der Waals surface area contributed by atoms with Crippen molar-refractivity contribution < 1.29 is 8.94 Å². The normalized spacial score (nSPS) is 10.8. The van der Waals surface area contributed by atoms with E-state index in [4.69, 9.17) is 14.7 Å². The maximum absolute atomic E-state index is 5.36. The average molecular weight is 218 g/mol. The zero-order valence-corrected chi connectivity index (χ0v) is 7.91. The first kappa shape index (κ1) is 8.65.